The van der Waals surface area contributed by atoms with E-state index in [0.29, 0.717) is 3.72 Å². The van der Waals surface area contributed by atoms with Gasteiger partial charge in [-0.1, -0.05) is 0 Å². The Bertz CT molecular complexity index is 392. The summed E-state index contributed by atoms with van der Waals surface area (Å²) in [5.41, 5.74) is 7.13. The van der Waals surface area contributed by atoms with Gasteiger partial charge in [0.1, 0.15) is 0 Å². The summed E-state index contributed by atoms with van der Waals surface area (Å²) in [6.07, 6.45) is 6.85. The predicted molar refractivity (Wildman–Crippen MR) is 74.4 cm³/mol. The van der Waals surface area contributed by atoms with Gasteiger partial charge < -0.3 is 0 Å². The van der Waals surface area contributed by atoms with Crippen molar-refractivity contribution in [1.29, 1.82) is 0 Å². The van der Waals surface area contributed by atoms with E-state index in [1.807, 2.05) is 5.57 Å². The fraction of sp³-hybridized carbons (Fsp3) is 0.750. The Morgan fingerprint density at radius 2 is 1.71 bits per heavy atom. The number of allylic oxidation sites excluding steroid dienone is 4. The van der Waals surface area contributed by atoms with E-state index in [2.05, 4.69) is 36.5 Å². The third kappa shape index (κ3) is 1.83. The fourth-order valence-corrected chi connectivity index (χ4v) is 7.96. The van der Waals surface area contributed by atoms with Gasteiger partial charge in [-0.3, -0.25) is 0 Å². The molecule has 0 spiro atoms. The second kappa shape index (κ2) is 4.39. The minimum absolute atomic E-state index is 0.509. The molecule has 17 heavy (non-hydrogen) atoms. The first kappa shape index (κ1) is 13.6. The molecule has 1 heteroatoms. The van der Waals surface area contributed by atoms with Crippen LogP contribution in [0, 0.1) is 0 Å². The quantitative estimate of drug-likeness (QED) is 0.533. The van der Waals surface area contributed by atoms with E-state index in [-0.39, 0.29) is 0 Å². The van der Waals surface area contributed by atoms with E-state index in [0.717, 1.165) is 0 Å². The summed E-state index contributed by atoms with van der Waals surface area (Å²) >= 11 is -1.74. The summed E-state index contributed by atoms with van der Waals surface area (Å²) < 4.78 is 0.509. The zero-order chi connectivity index (χ0) is 12.8. The van der Waals surface area contributed by atoms with Crippen molar-refractivity contribution in [3.05, 3.63) is 22.3 Å². The van der Waals surface area contributed by atoms with Gasteiger partial charge >= 0.3 is 111 Å². The van der Waals surface area contributed by atoms with E-state index >= 15 is 0 Å². The average Bonchev–Trinajstić information content (AvgIpc) is 2.49. The molecule has 0 saturated carbocycles. The molecule has 0 nitrogen and oxygen atoms in total. The topological polar surface area (TPSA) is 0 Å². The van der Waals surface area contributed by atoms with Crippen molar-refractivity contribution in [2.45, 2.75) is 72.3 Å². The van der Waals surface area contributed by atoms with Crippen molar-refractivity contribution in [1.82, 2.24) is 0 Å². The third-order valence-electron chi connectivity index (χ3n) is 5.43. The molecule has 2 aliphatic rings. The first-order chi connectivity index (χ1) is 7.84. The number of hydrogen-bond donors (Lipinski definition) is 0. The van der Waals surface area contributed by atoms with Crippen LogP contribution in [-0.2, 0) is 16.6 Å². The van der Waals surface area contributed by atoms with Crippen molar-refractivity contribution in [2.75, 3.05) is 0 Å². The van der Waals surface area contributed by atoms with Crippen molar-refractivity contribution in [3.63, 3.8) is 0 Å². The van der Waals surface area contributed by atoms with Gasteiger partial charge in [0.05, 0.1) is 0 Å². The molecule has 96 valence electrons. The van der Waals surface area contributed by atoms with Crippen LogP contribution < -0.4 is 0 Å². The molecule has 0 bridgehead atoms. The second-order valence-corrected chi connectivity index (χ2v) is 15.6. The Labute approximate surface area is 111 Å². The van der Waals surface area contributed by atoms with Crippen LogP contribution in [0.2, 0.25) is 19.4 Å². The van der Waals surface area contributed by atoms with Crippen molar-refractivity contribution in [2.24, 2.45) is 0 Å². The molecule has 0 saturated heterocycles. The third-order valence-corrected chi connectivity index (χ3v) is 11.1. The van der Waals surface area contributed by atoms with Crippen LogP contribution in [0.3, 0.4) is 0 Å². The normalized spacial score (nSPS) is 30.0. The first-order valence-corrected chi connectivity index (χ1v) is 12.7. The van der Waals surface area contributed by atoms with E-state index in [1.54, 1.807) is 16.7 Å². The van der Waals surface area contributed by atoms with Gasteiger partial charge in [-0.15, -0.1) is 0 Å². The molecule has 2 rings (SSSR count). The number of hydrogen-bond acceptors (Lipinski definition) is 0. The average molecular weight is 268 g/mol. The van der Waals surface area contributed by atoms with Crippen LogP contribution in [0.1, 0.15) is 52.9 Å². The maximum atomic E-state index is 2.60. The molecular formula is C16H28Ti. The van der Waals surface area contributed by atoms with Gasteiger partial charge in [-0.2, -0.15) is 0 Å². The summed E-state index contributed by atoms with van der Waals surface area (Å²) in [4.78, 5) is 0. The minimum atomic E-state index is -1.74. The van der Waals surface area contributed by atoms with Gasteiger partial charge in [0, 0.05) is 0 Å². The molecule has 2 aliphatic carbocycles. The monoisotopic (exact) mass is 268 g/mol. The van der Waals surface area contributed by atoms with E-state index in [9.17, 15) is 0 Å². The van der Waals surface area contributed by atoms with Gasteiger partial charge in [0.2, 0.25) is 0 Å². The molecule has 0 aromatic carbocycles. The molecule has 0 amide bonds. The molecule has 1 unspecified atom stereocenters. The molecule has 0 N–H and O–H groups in total. The molecule has 1 atom stereocenters. The van der Waals surface area contributed by atoms with Crippen molar-refractivity contribution in [3.8, 4) is 0 Å². The van der Waals surface area contributed by atoms with Crippen molar-refractivity contribution >= 4 is 0 Å². The van der Waals surface area contributed by atoms with E-state index < -0.39 is 16.6 Å². The van der Waals surface area contributed by atoms with Crippen LogP contribution in [0.5, 0.6) is 0 Å². The summed E-state index contributed by atoms with van der Waals surface area (Å²) in [7, 11) is 0. The fourth-order valence-electron chi connectivity index (χ4n) is 4.13. The molecular weight excluding hydrogens is 240 g/mol. The van der Waals surface area contributed by atoms with Gasteiger partial charge in [-0.25, -0.2) is 0 Å². The van der Waals surface area contributed by atoms with Gasteiger partial charge in [0.25, 0.3) is 0 Å². The zero-order valence-electron chi connectivity index (χ0n) is 12.5. The second-order valence-electron chi connectivity index (χ2n) is 7.00. The van der Waals surface area contributed by atoms with Crippen LogP contribution in [0.4, 0.5) is 0 Å². The molecule has 0 aromatic heterocycles. The summed E-state index contributed by atoms with van der Waals surface area (Å²) in [6, 6.07) is 0. The van der Waals surface area contributed by atoms with E-state index in [4.69, 9.17) is 0 Å². The van der Waals surface area contributed by atoms with Crippen LogP contribution >= 0.6 is 0 Å². The molecule has 0 heterocycles. The van der Waals surface area contributed by atoms with Crippen LogP contribution in [0.25, 0.3) is 0 Å². The van der Waals surface area contributed by atoms with Gasteiger partial charge in [-0.05, 0) is 0 Å². The van der Waals surface area contributed by atoms with Crippen LogP contribution in [0.15, 0.2) is 22.3 Å². The Kier molecular flexibility index (Phi) is 3.51. The molecule has 0 aliphatic heterocycles. The molecule has 0 radical (unpaired) electrons. The Morgan fingerprint density at radius 1 is 1.12 bits per heavy atom. The first-order valence-electron chi connectivity index (χ1n) is 7.27. The summed E-state index contributed by atoms with van der Waals surface area (Å²) in [6.45, 7) is 7.35. The Balaban J connectivity index is 2.60. The van der Waals surface area contributed by atoms with Gasteiger partial charge in [0.15, 0.2) is 0 Å². The molecule has 0 fully saturated rings. The summed E-state index contributed by atoms with van der Waals surface area (Å²) in [5, 5.41) is 7.81. The Morgan fingerprint density at radius 3 is 2.24 bits per heavy atom. The predicted octanol–water partition coefficient (Wildman–Crippen LogP) is 6.07. The SMILES string of the molecule is CCC1=C(C)C2=C(CCCC2)[C]1(C)[Ti]([CH3])([CH3])[CH3]. The summed E-state index contributed by atoms with van der Waals surface area (Å²) in [5.74, 6) is 0. The standard InChI is InChI=1S/C13H19.3CH3.Ti/c1-4-11-9(2)12-7-5-6-8-13(12)10(11)3;;;;/h4-8H2,1-3H3;3*1H3;. The maximum absolute atomic E-state index is 2.60. The number of rotatable bonds is 2. The van der Waals surface area contributed by atoms with Crippen LogP contribution in [-0.4, -0.2) is 0 Å². The zero-order valence-corrected chi connectivity index (χ0v) is 14.1. The Hall–Kier alpha value is 0.194. The van der Waals surface area contributed by atoms with E-state index in [1.165, 1.54) is 32.1 Å². The van der Waals surface area contributed by atoms with Crippen molar-refractivity contribution < 1.29 is 16.6 Å². The molecule has 0 aromatic rings.